The summed E-state index contributed by atoms with van der Waals surface area (Å²) in [6.07, 6.45) is 0. The molecule has 0 aliphatic heterocycles. The number of rotatable bonds is 5. The first-order chi connectivity index (χ1) is 12.8. The molecule has 0 bridgehead atoms. The summed E-state index contributed by atoms with van der Waals surface area (Å²) in [7, 11) is -3.74. The number of hydrogen-bond acceptors (Lipinski definition) is 3. The van der Waals surface area contributed by atoms with Crippen LogP contribution in [0.5, 0.6) is 0 Å². The van der Waals surface area contributed by atoms with Crippen LogP contribution < -0.4 is 10.0 Å². The molecule has 2 N–H and O–H groups in total. The molecule has 3 rings (SSSR count). The van der Waals surface area contributed by atoms with Gasteiger partial charge in [0.25, 0.3) is 15.9 Å². The fraction of sp³-hybridized carbons (Fsp3) is 0.0500. The van der Waals surface area contributed by atoms with Crippen molar-refractivity contribution in [2.45, 2.75) is 11.8 Å². The van der Waals surface area contributed by atoms with Gasteiger partial charge in [-0.3, -0.25) is 9.52 Å². The largest absolute Gasteiger partial charge is 0.322 e. The highest BCUT2D eigenvalue weighted by atomic mass is 79.9. The summed E-state index contributed by atoms with van der Waals surface area (Å²) in [5.41, 5.74) is 2.32. The number of halogens is 1. The van der Waals surface area contributed by atoms with E-state index in [1.54, 1.807) is 30.3 Å². The molecule has 0 spiro atoms. The van der Waals surface area contributed by atoms with Crippen molar-refractivity contribution in [2.75, 3.05) is 10.0 Å². The van der Waals surface area contributed by atoms with Crippen LogP contribution in [0.1, 0.15) is 15.9 Å². The molecule has 27 heavy (non-hydrogen) atoms. The highest BCUT2D eigenvalue weighted by Crippen LogP contribution is 2.20. The van der Waals surface area contributed by atoms with Gasteiger partial charge >= 0.3 is 0 Å². The molecule has 0 aromatic heterocycles. The monoisotopic (exact) mass is 444 g/mol. The summed E-state index contributed by atoms with van der Waals surface area (Å²) in [6.45, 7) is 1.90. The molecule has 0 atom stereocenters. The number of anilines is 2. The normalized spacial score (nSPS) is 11.0. The molecule has 0 aliphatic rings. The summed E-state index contributed by atoms with van der Waals surface area (Å²) in [4.78, 5) is 12.6. The Morgan fingerprint density at radius 3 is 2.33 bits per heavy atom. The van der Waals surface area contributed by atoms with E-state index >= 15 is 0 Å². The number of sulfonamides is 1. The lowest BCUT2D eigenvalue weighted by atomic mass is 10.1. The van der Waals surface area contributed by atoms with Gasteiger partial charge in [0.05, 0.1) is 4.90 Å². The minimum atomic E-state index is -3.74. The van der Waals surface area contributed by atoms with Gasteiger partial charge in [-0.25, -0.2) is 8.42 Å². The number of aryl methyl sites for hydroxylation is 1. The third-order valence-electron chi connectivity index (χ3n) is 3.89. The number of benzene rings is 3. The first-order valence-corrected chi connectivity index (χ1v) is 10.4. The van der Waals surface area contributed by atoms with E-state index in [2.05, 4.69) is 26.0 Å². The molecule has 1 amide bonds. The number of nitrogens with one attached hydrogen (secondary N) is 2. The Bertz CT molecular complexity index is 1080. The van der Waals surface area contributed by atoms with E-state index in [-0.39, 0.29) is 10.8 Å². The molecule has 3 aromatic rings. The van der Waals surface area contributed by atoms with Crippen molar-refractivity contribution < 1.29 is 13.2 Å². The van der Waals surface area contributed by atoms with Crippen LogP contribution in [-0.4, -0.2) is 14.3 Å². The second-order valence-corrected chi connectivity index (χ2v) is 8.51. The van der Waals surface area contributed by atoms with E-state index in [0.717, 1.165) is 10.0 Å². The van der Waals surface area contributed by atoms with Gasteiger partial charge in [0.1, 0.15) is 0 Å². The summed E-state index contributed by atoms with van der Waals surface area (Å²) < 4.78 is 28.3. The molecule has 0 radical (unpaired) electrons. The van der Waals surface area contributed by atoms with Crippen molar-refractivity contribution in [3.63, 3.8) is 0 Å². The molecule has 0 unspecified atom stereocenters. The molecule has 0 saturated carbocycles. The molecule has 138 valence electrons. The second kappa shape index (κ2) is 7.94. The van der Waals surface area contributed by atoms with E-state index < -0.39 is 10.0 Å². The molecule has 7 heteroatoms. The fourth-order valence-corrected chi connectivity index (χ4v) is 3.77. The Hall–Kier alpha value is -2.64. The number of carbonyl (C=O) groups excluding carboxylic acids is 1. The maximum Gasteiger partial charge on any atom is 0.261 e. The fourth-order valence-electron chi connectivity index (χ4n) is 2.46. The maximum atomic E-state index is 12.5. The van der Waals surface area contributed by atoms with Crippen LogP contribution in [0.25, 0.3) is 0 Å². The predicted molar refractivity (Wildman–Crippen MR) is 111 cm³/mol. The van der Waals surface area contributed by atoms with Crippen LogP contribution in [-0.2, 0) is 10.0 Å². The highest BCUT2D eigenvalue weighted by molar-refractivity contribution is 9.10. The van der Waals surface area contributed by atoms with Crippen molar-refractivity contribution in [3.05, 3.63) is 88.4 Å². The van der Waals surface area contributed by atoms with Crippen LogP contribution in [0.4, 0.5) is 11.4 Å². The van der Waals surface area contributed by atoms with Crippen molar-refractivity contribution in [1.82, 2.24) is 0 Å². The van der Waals surface area contributed by atoms with Gasteiger partial charge in [0, 0.05) is 21.4 Å². The van der Waals surface area contributed by atoms with Gasteiger partial charge in [-0.05, 0) is 61.0 Å². The zero-order valence-corrected chi connectivity index (χ0v) is 16.8. The average molecular weight is 445 g/mol. The minimum absolute atomic E-state index is 0.139. The number of hydrogen-bond donors (Lipinski definition) is 2. The summed E-state index contributed by atoms with van der Waals surface area (Å²) in [6, 6.07) is 20.1. The Balaban J connectivity index is 1.80. The van der Waals surface area contributed by atoms with E-state index in [4.69, 9.17) is 0 Å². The second-order valence-electron chi connectivity index (χ2n) is 5.91. The third kappa shape index (κ3) is 4.75. The SMILES string of the molecule is Cc1ccccc1NC(=O)c1cccc(NS(=O)(=O)c2ccc(Br)cc2)c1. The summed E-state index contributed by atoms with van der Waals surface area (Å²) in [5.74, 6) is -0.311. The predicted octanol–water partition coefficient (Wildman–Crippen LogP) is 4.81. The topological polar surface area (TPSA) is 75.3 Å². The van der Waals surface area contributed by atoms with Crippen molar-refractivity contribution in [2.24, 2.45) is 0 Å². The average Bonchev–Trinajstić information content (AvgIpc) is 2.64. The van der Waals surface area contributed by atoms with Crippen LogP contribution in [0.3, 0.4) is 0 Å². The van der Waals surface area contributed by atoms with Crippen molar-refractivity contribution in [1.29, 1.82) is 0 Å². The zero-order valence-electron chi connectivity index (χ0n) is 14.4. The molecule has 0 aliphatic carbocycles. The Morgan fingerprint density at radius 1 is 0.926 bits per heavy atom. The summed E-state index contributed by atoms with van der Waals surface area (Å²) in [5, 5.41) is 2.83. The van der Waals surface area contributed by atoms with Crippen molar-refractivity contribution in [3.8, 4) is 0 Å². The van der Waals surface area contributed by atoms with E-state index in [0.29, 0.717) is 16.9 Å². The number of amides is 1. The quantitative estimate of drug-likeness (QED) is 0.592. The van der Waals surface area contributed by atoms with E-state index in [1.165, 1.54) is 18.2 Å². The van der Waals surface area contributed by atoms with Gasteiger partial charge in [-0.1, -0.05) is 40.2 Å². The lowest BCUT2D eigenvalue weighted by Crippen LogP contribution is -2.15. The van der Waals surface area contributed by atoms with Gasteiger partial charge < -0.3 is 5.32 Å². The molecular formula is C20H17BrN2O3S. The molecule has 0 saturated heterocycles. The Kier molecular flexibility index (Phi) is 5.62. The molecule has 0 heterocycles. The molecular weight excluding hydrogens is 428 g/mol. The molecule has 5 nitrogen and oxygen atoms in total. The maximum absolute atomic E-state index is 12.5. The standard InChI is InChI=1S/C20H17BrN2O3S/c1-14-5-2-3-8-19(14)22-20(24)15-6-4-7-17(13-15)23-27(25,26)18-11-9-16(21)10-12-18/h2-13,23H,1H3,(H,22,24). The van der Waals surface area contributed by atoms with Crippen molar-refractivity contribution >= 4 is 43.2 Å². The van der Waals surface area contributed by atoms with Gasteiger partial charge in [0.15, 0.2) is 0 Å². The lowest BCUT2D eigenvalue weighted by molar-refractivity contribution is 0.102. The summed E-state index contributed by atoms with van der Waals surface area (Å²) >= 11 is 3.28. The smallest absolute Gasteiger partial charge is 0.261 e. The highest BCUT2D eigenvalue weighted by Gasteiger charge is 2.15. The number of carbonyl (C=O) groups is 1. The first kappa shape index (κ1) is 19.1. The minimum Gasteiger partial charge on any atom is -0.322 e. The first-order valence-electron chi connectivity index (χ1n) is 8.10. The van der Waals surface area contributed by atoms with Gasteiger partial charge in [-0.2, -0.15) is 0 Å². The van der Waals surface area contributed by atoms with Gasteiger partial charge in [-0.15, -0.1) is 0 Å². The van der Waals surface area contributed by atoms with E-state index in [9.17, 15) is 13.2 Å². The van der Waals surface area contributed by atoms with Crippen LogP contribution in [0, 0.1) is 6.92 Å². The lowest BCUT2D eigenvalue weighted by Gasteiger charge is -2.11. The van der Waals surface area contributed by atoms with E-state index in [1.807, 2.05) is 31.2 Å². The molecule has 0 fully saturated rings. The molecule has 3 aromatic carbocycles. The third-order valence-corrected chi connectivity index (χ3v) is 5.82. The van der Waals surface area contributed by atoms with Crippen LogP contribution in [0.2, 0.25) is 0 Å². The zero-order chi connectivity index (χ0) is 19.4. The van der Waals surface area contributed by atoms with Crippen LogP contribution >= 0.6 is 15.9 Å². The Morgan fingerprint density at radius 2 is 1.63 bits per heavy atom. The number of para-hydroxylation sites is 1. The van der Waals surface area contributed by atoms with Crippen LogP contribution in [0.15, 0.2) is 82.2 Å². The Labute approximate surface area is 166 Å². The van der Waals surface area contributed by atoms with Gasteiger partial charge in [0.2, 0.25) is 0 Å².